The number of carbonyl (C=O) groups is 5. The molecule has 0 amide bonds. The van der Waals surface area contributed by atoms with E-state index in [1.54, 1.807) is 36.4 Å². The third-order valence-electron chi connectivity index (χ3n) is 11.1. The van der Waals surface area contributed by atoms with Crippen LogP contribution in [0.1, 0.15) is 92.1 Å². The number of ketones is 1. The van der Waals surface area contributed by atoms with Gasteiger partial charge in [-0.2, -0.15) is 24.5 Å². The van der Waals surface area contributed by atoms with Crippen LogP contribution in [-0.4, -0.2) is 142 Å². The molecule has 0 spiro atoms. The van der Waals surface area contributed by atoms with Crippen molar-refractivity contribution < 1.29 is 127 Å². The molecule has 2 fully saturated rings. The standard InChI is InChI=1S/C24H28F4N2O3.C14H17NO3.C10H11F4NO.C4H6O3.C2H3O.BO.Na.H2O/c1-23(25,26)24(27,28)16-33-21-9-7-19(8-10-21)29-20-11-13-30(14-12-20)15-17-3-5-18(6-4-17)22(31)32-2;1-18-14(17)12-4-2-11(3-5-12)10-15-8-6-13(16)7-9-15;1-9(11,12)10(13,14)6-16-8-4-2-7(15)3-5-8;1-3(5)7-4(2)6;1-2-3;1-2;;/h3-10,20,29H,11-16H2,1-2H3;2-5H,6-10H2,1H3;2-5H,6,15H2,1H3;1-2H3;1H3;;;1H2/q;;;;-1;;+1;. The predicted molar refractivity (Wildman–Crippen MR) is 280 cm³/mol. The average molecular weight is 1170 g/mol. The van der Waals surface area contributed by atoms with Crippen molar-refractivity contribution in [1.82, 2.24) is 9.80 Å². The molecule has 441 valence electrons. The van der Waals surface area contributed by atoms with Crippen molar-refractivity contribution in [1.29, 1.82) is 0 Å². The van der Waals surface area contributed by atoms with E-state index in [-0.39, 0.29) is 78.4 Å². The van der Waals surface area contributed by atoms with Crippen LogP contribution in [0.15, 0.2) is 97.1 Å². The third kappa shape index (κ3) is 30.4. The fourth-order valence-corrected chi connectivity index (χ4v) is 6.69. The molecule has 0 atom stereocenters. The zero-order valence-corrected chi connectivity index (χ0v) is 48.3. The number of benzene rings is 4. The van der Waals surface area contributed by atoms with Crippen LogP contribution < -0.4 is 50.1 Å². The molecule has 0 unspecified atom stereocenters. The van der Waals surface area contributed by atoms with Crippen LogP contribution in [0.2, 0.25) is 0 Å². The Kier molecular flexibility index (Phi) is 36.4. The van der Waals surface area contributed by atoms with E-state index in [1.807, 2.05) is 24.3 Å². The summed E-state index contributed by atoms with van der Waals surface area (Å²) in [6.07, 6.45) is 4.66. The second-order valence-corrected chi connectivity index (χ2v) is 17.5. The Balaban J connectivity index is 0. The maximum Gasteiger partial charge on any atom is 1.00 e. The largest absolute Gasteiger partial charge is 1.00 e. The quantitative estimate of drug-likeness (QED) is 0.0261. The summed E-state index contributed by atoms with van der Waals surface area (Å²) in [5, 5.41) is 3.41. The van der Waals surface area contributed by atoms with E-state index in [0.717, 1.165) is 68.9 Å². The SMILES string of the molecule is CC(=O)OC(C)=O.CC(F)(F)C(F)(F)COc1ccc(N)cc1.COC(=O)c1ccc(CN2CCC(=O)CC2)cc1.COC(=O)c1ccc(CN2CCC(Nc3ccc(OCC(F)(F)C(C)(F)F)cc3)CC2)cc1.C[C-]=O.O.[B]=O.[Na+]. The molecule has 0 bridgehead atoms. The maximum absolute atomic E-state index is 13.3. The van der Waals surface area contributed by atoms with Gasteiger partial charge in [-0.3, -0.25) is 30.5 Å². The molecular weight excluding hydrogens is 1100 g/mol. The van der Waals surface area contributed by atoms with Crippen molar-refractivity contribution in [3.63, 3.8) is 0 Å². The molecule has 4 aromatic rings. The van der Waals surface area contributed by atoms with Crippen LogP contribution in [-0.2, 0) is 51.2 Å². The van der Waals surface area contributed by atoms with Gasteiger partial charge in [0, 0.05) is 97.2 Å². The van der Waals surface area contributed by atoms with Gasteiger partial charge >= 0.3 is 89.5 Å². The Bertz CT molecular complexity index is 2460. The number of Topliss-reactive ketones (excluding diaryl/α,β-unsaturated/α-hetero) is 1. The minimum absolute atomic E-state index is 0. The molecule has 2 heterocycles. The normalized spacial score (nSPS) is 13.5. The average Bonchev–Trinajstić information content (AvgIpc) is 3.40. The fourth-order valence-electron chi connectivity index (χ4n) is 6.69. The van der Waals surface area contributed by atoms with Crippen molar-refractivity contribution >= 4 is 55.0 Å². The molecule has 27 heteroatoms. The summed E-state index contributed by atoms with van der Waals surface area (Å²) >= 11 is 0. The van der Waals surface area contributed by atoms with Crippen LogP contribution in [0.4, 0.5) is 46.5 Å². The number of piperidine rings is 2. The third-order valence-corrected chi connectivity index (χ3v) is 11.1. The van der Waals surface area contributed by atoms with E-state index >= 15 is 0 Å². The van der Waals surface area contributed by atoms with Gasteiger partial charge in [-0.15, -0.1) is 0 Å². The smallest absolute Gasteiger partial charge is 1.00 e. The first-order valence-electron chi connectivity index (χ1n) is 24.0. The molecule has 6 rings (SSSR count). The number of methoxy groups -OCH3 is 2. The molecule has 4 aromatic carbocycles. The van der Waals surface area contributed by atoms with Gasteiger partial charge < -0.3 is 45.0 Å². The molecule has 0 aliphatic carbocycles. The first kappa shape index (κ1) is 76.8. The van der Waals surface area contributed by atoms with Crippen LogP contribution in [0.3, 0.4) is 0 Å². The van der Waals surface area contributed by atoms with Gasteiger partial charge in [0.15, 0.2) is 13.2 Å². The number of hydrogen-bond donors (Lipinski definition) is 2. The van der Waals surface area contributed by atoms with Crippen LogP contribution in [0, 0.1) is 0 Å². The Hall–Kier alpha value is -6.32. The number of nitrogens with two attached hydrogens (primary N) is 1. The number of nitrogens with one attached hydrogen (secondary N) is 1. The number of ether oxygens (including phenoxy) is 5. The van der Waals surface area contributed by atoms with Crippen molar-refractivity contribution in [2.75, 3.05) is 64.7 Å². The van der Waals surface area contributed by atoms with Gasteiger partial charge in [-0.05, 0) is 96.8 Å². The molecule has 81 heavy (non-hydrogen) atoms. The molecule has 0 aromatic heterocycles. The van der Waals surface area contributed by atoms with E-state index in [1.165, 1.54) is 77.7 Å². The van der Waals surface area contributed by atoms with Crippen LogP contribution in [0.5, 0.6) is 11.5 Å². The number of carbonyl (C=O) groups excluding carboxylic acids is 6. The van der Waals surface area contributed by atoms with E-state index in [0.29, 0.717) is 35.4 Å². The Labute approximate surface area is 488 Å². The number of nitrogens with zero attached hydrogens (tertiary/aromatic N) is 2. The number of anilines is 2. The number of rotatable bonds is 16. The van der Waals surface area contributed by atoms with Crippen LogP contribution >= 0.6 is 0 Å². The second kappa shape index (κ2) is 38.4. The molecule has 2 aliphatic rings. The van der Waals surface area contributed by atoms with Gasteiger partial charge in [-0.25, -0.2) is 27.2 Å². The molecule has 5 N–H and O–H groups in total. The minimum atomic E-state index is -4.23. The van der Waals surface area contributed by atoms with Gasteiger partial charge in [0.05, 0.1) is 25.3 Å². The number of alkyl halides is 8. The minimum Gasteiger partial charge on any atom is 1.00 e. The molecule has 1 radical (unpaired) electrons. The van der Waals surface area contributed by atoms with E-state index in [4.69, 9.17) is 24.7 Å². The fraction of sp³-hybridized carbons (Fsp3) is 0.444. The van der Waals surface area contributed by atoms with Crippen molar-refractivity contribution in [2.45, 2.75) is 103 Å². The Morgan fingerprint density at radius 2 is 0.963 bits per heavy atom. The molecule has 0 saturated carbocycles. The first-order valence-corrected chi connectivity index (χ1v) is 24.0. The zero-order valence-electron chi connectivity index (χ0n) is 46.3. The zero-order chi connectivity index (χ0) is 60.0. The first-order chi connectivity index (χ1) is 37.0. The van der Waals surface area contributed by atoms with Gasteiger partial charge in [0.1, 0.15) is 17.3 Å². The number of halogens is 8. The number of likely N-dealkylation sites (tertiary alicyclic amines) is 2. The summed E-state index contributed by atoms with van der Waals surface area (Å²) in [5.41, 5.74) is 9.96. The predicted octanol–water partition coefficient (Wildman–Crippen LogP) is 5.69. The summed E-state index contributed by atoms with van der Waals surface area (Å²) in [7, 11) is 5.98. The van der Waals surface area contributed by atoms with Gasteiger partial charge in [0.25, 0.3) is 0 Å². The maximum atomic E-state index is 13.3. The van der Waals surface area contributed by atoms with Gasteiger partial charge in [0.2, 0.25) is 0 Å². The summed E-state index contributed by atoms with van der Waals surface area (Å²) in [6, 6.07) is 26.9. The Morgan fingerprint density at radius 1 is 0.630 bits per heavy atom. The molecule has 2 saturated heterocycles. The molecule has 17 nitrogen and oxygen atoms in total. The Morgan fingerprint density at radius 3 is 1.27 bits per heavy atom. The van der Waals surface area contributed by atoms with E-state index in [9.17, 15) is 59.1 Å². The van der Waals surface area contributed by atoms with Crippen molar-refractivity contribution in [3.8, 4) is 11.5 Å². The summed E-state index contributed by atoms with van der Waals surface area (Å²) in [4.78, 5) is 66.8. The number of esters is 4. The van der Waals surface area contributed by atoms with Crippen molar-refractivity contribution in [2.24, 2.45) is 0 Å². The molecular formula is C54H67BF8N4NaO13. The monoisotopic (exact) mass is 1170 g/mol. The number of nitrogen functional groups attached to an aromatic ring is 1. The van der Waals surface area contributed by atoms with E-state index in [2.05, 4.69) is 37.0 Å². The number of hydrogen-bond acceptors (Lipinski definition) is 16. The second-order valence-electron chi connectivity index (χ2n) is 17.5. The summed E-state index contributed by atoms with van der Waals surface area (Å²) < 4.78 is 133. The van der Waals surface area contributed by atoms with Crippen LogP contribution in [0.25, 0.3) is 0 Å². The summed E-state index contributed by atoms with van der Waals surface area (Å²) in [5.74, 6) is -18.0. The summed E-state index contributed by atoms with van der Waals surface area (Å²) in [6.45, 7) is 6.34. The van der Waals surface area contributed by atoms with Crippen molar-refractivity contribution in [3.05, 3.63) is 119 Å². The molecule has 2 aliphatic heterocycles. The topological polar surface area (TPSA) is 242 Å². The van der Waals surface area contributed by atoms with E-state index < -0.39 is 48.8 Å². The van der Waals surface area contributed by atoms with Gasteiger partial charge in [-0.1, -0.05) is 24.3 Å².